The Hall–Kier alpha value is -3.78. The largest absolute Gasteiger partial charge is 0.388 e. The molecule has 5 atom stereocenters. The molecule has 0 spiro atoms. The van der Waals surface area contributed by atoms with Crippen LogP contribution in [0.15, 0.2) is 85.2 Å². The van der Waals surface area contributed by atoms with Gasteiger partial charge in [0.1, 0.15) is 18.2 Å². The SMILES string of the molecule is CCCC(CCC)S(=O)(=O)CC(NC(=O)c1cccnc1)C(=O)NC(Cc1ccccc1)C(O)C(O)C(CCSC)NC(=O)c1ccccc1. The van der Waals surface area contributed by atoms with Gasteiger partial charge >= 0.3 is 0 Å². The highest BCUT2D eigenvalue weighted by Gasteiger charge is 2.37. The quantitative estimate of drug-likeness (QED) is 0.110. The van der Waals surface area contributed by atoms with Crippen LogP contribution < -0.4 is 16.0 Å². The molecule has 0 radical (unpaired) electrons. The number of thioether (sulfide) groups is 1. The predicted molar refractivity (Wildman–Crippen MR) is 198 cm³/mol. The molecule has 1 aromatic heterocycles. The van der Waals surface area contributed by atoms with E-state index in [9.17, 15) is 33.0 Å². The van der Waals surface area contributed by atoms with Crippen molar-refractivity contribution in [3.8, 4) is 0 Å². The Morgan fingerprint density at radius 2 is 1.34 bits per heavy atom. The van der Waals surface area contributed by atoms with Gasteiger partial charge in [0.05, 0.1) is 28.6 Å². The molecule has 0 fully saturated rings. The predicted octanol–water partition coefficient (Wildman–Crippen LogP) is 3.56. The van der Waals surface area contributed by atoms with Crippen molar-refractivity contribution in [1.82, 2.24) is 20.9 Å². The first kappa shape index (κ1) is 40.6. The molecule has 3 aromatic rings. The lowest BCUT2D eigenvalue weighted by Gasteiger charge is -2.34. The minimum atomic E-state index is -3.87. The zero-order chi connectivity index (χ0) is 36.5. The molecular weight excluding hydrogens is 677 g/mol. The number of sulfone groups is 1. The lowest BCUT2D eigenvalue weighted by Crippen LogP contribution is -2.60. The average Bonchev–Trinajstić information content (AvgIpc) is 3.13. The van der Waals surface area contributed by atoms with E-state index in [4.69, 9.17) is 0 Å². The third kappa shape index (κ3) is 12.5. The molecule has 1 heterocycles. The summed E-state index contributed by atoms with van der Waals surface area (Å²) in [5.74, 6) is -2.04. The number of benzene rings is 2. The number of carbonyl (C=O) groups is 3. The first-order valence-electron chi connectivity index (χ1n) is 17.0. The second kappa shape index (κ2) is 20.8. The molecule has 0 aliphatic heterocycles. The third-order valence-corrected chi connectivity index (χ3v) is 11.4. The lowest BCUT2D eigenvalue weighted by atomic mass is 9.92. The number of nitrogens with one attached hydrogen (secondary N) is 3. The number of carbonyl (C=O) groups excluding carboxylic acids is 3. The first-order chi connectivity index (χ1) is 24.0. The maximum absolute atomic E-state index is 14.1. The Bertz CT molecular complexity index is 1580. The molecule has 13 heteroatoms. The number of hydrogen-bond acceptors (Lipinski definition) is 9. The van der Waals surface area contributed by atoms with Crippen LogP contribution in [0.25, 0.3) is 0 Å². The molecule has 11 nitrogen and oxygen atoms in total. The van der Waals surface area contributed by atoms with Gasteiger partial charge in [0.15, 0.2) is 9.84 Å². The van der Waals surface area contributed by atoms with Crippen molar-refractivity contribution in [1.29, 1.82) is 0 Å². The van der Waals surface area contributed by atoms with E-state index in [1.165, 1.54) is 30.2 Å². The lowest BCUT2D eigenvalue weighted by molar-refractivity contribution is -0.125. The molecule has 0 bridgehead atoms. The maximum atomic E-state index is 14.1. The van der Waals surface area contributed by atoms with Crippen LogP contribution in [-0.4, -0.2) is 94.7 Å². The molecule has 50 heavy (non-hydrogen) atoms. The first-order valence-corrected chi connectivity index (χ1v) is 20.1. The molecule has 0 saturated heterocycles. The number of aromatic nitrogens is 1. The molecular formula is C37H50N4O7S2. The van der Waals surface area contributed by atoms with Gasteiger partial charge in [-0.25, -0.2) is 8.42 Å². The second-order valence-corrected chi connectivity index (χ2v) is 15.6. The standard InChI is InChI=1S/C37H50N4O7S2/c1-4-13-29(14-5-2)50(47,48)25-32(41-36(45)28-19-12-21-38-24-28)37(46)40-31(23-26-15-8-6-9-16-26)34(43)33(42)30(20-22-49-3)39-35(44)27-17-10-7-11-18-27/h6-12,15-19,21,24,29-34,42-43H,4-5,13-14,20,22-23,25H2,1-3H3,(H,39,44)(H,40,46)(H,41,45). The summed E-state index contributed by atoms with van der Waals surface area (Å²) in [6, 6.07) is 17.0. The highest BCUT2D eigenvalue weighted by Crippen LogP contribution is 2.19. The highest BCUT2D eigenvalue weighted by molar-refractivity contribution is 7.98. The number of aliphatic hydroxyl groups excluding tert-OH is 2. The normalized spacial score (nSPS) is 14.6. The number of hydrogen-bond donors (Lipinski definition) is 5. The summed E-state index contributed by atoms with van der Waals surface area (Å²) in [7, 11) is -3.87. The van der Waals surface area contributed by atoms with Gasteiger partial charge in [0.2, 0.25) is 5.91 Å². The minimum Gasteiger partial charge on any atom is -0.388 e. The minimum absolute atomic E-state index is 0.0665. The Balaban J connectivity index is 1.95. The van der Waals surface area contributed by atoms with E-state index >= 15 is 0 Å². The van der Waals surface area contributed by atoms with Crippen LogP contribution >= 0.6 is 11.8 Å². The summed E-state index contributed by atoms with van der Waals surface area (Å²) in [5, 5.41) is 30.8. The van der Waals surface area contributed by atoms with Crippen molar-refractivity contribution in [3.63, 3.8) is 0 Å². The maximum Gasteiger partial charge on any atom is 0.253 e. The van der Waals surface area contributed by atoms with Crippen molar-refractivity contribution in [2.45, 2.75) is 88.0 Å². The van der Waals surface area contributed by atoms with E-state index in [1.54, 1.807) is 60.7 Å². The Labute approximate surface area is 300 Å². The molecule has 3 amide bonds. The fraction of sp³-hybridized carbons (Fsp3) is 0.459. The van der Waals surface area contributed by atoms with E-state index in [-0.39, 0.29) is 12.0 Å². The summed E-state index contributed by atoms with van der Waals surface area (Å²) in [6.07, 6.45) is 4.04. The molecule has 5 N–H and O–H groups in total. The zero-order valence-corrected chi connectivity index (χ0v) is 30.5. The van der Waals surface area contributed by atoms with Gasteiger partial charge in [-0.1, -0.05) is 75.2 Å². The van der Waals surface area contributed by atoms with Crippen molar-refractivity contribution < 1.29 is 33.0 Å². The van der Waals surface area contributed by atoms with E-state index in [0.29, 0.717) is 43.4 Å². The van der Waals surface area contributed by atoms with Gasteiger partial charge in [-0.05, 0) is 67.5 Å². The topological polar surface area (TPSA) is 175 Å². The second-order valence-electron chi connectivity index (χ2n) is 12.3. The van der Waals surface area contributed by atoms with Crippen molar-refractivity contribution >= 4 is 39.3 Å². The van der Waals surface area contributed by atoms with E-state index in [0.717, 1.165) is 5.56 Å². The zero-order valence-electron chi connectivity index (χ0n) is 28.9. The number of amides is 3. The van der Waals surface area contributed by atoms with Crippen LogP contribution in [0.5, 0.6) is 0 Å². The van der Waals surface area contributed by atoms with Gasteiger partial charge in [-0.3, -0.25) is 19.4 Å². The summed E-state index contributed by atoms with van der Waals surface area (Å²) < 4.78 is 27.4. The van der Waals surface area contributed by atoms with Crippen LogP contribution in [0.1, 0.15) is 72.2 Å². The number of rotatable bonds is 21. The van der Waals surface area contributed by atoms with Crippen molar-refractivity contribution in [2.24, 2.45) is 0 Å². The number of nitrogens with zero attached hydrogens (tertiary/aromatic N) is 1. The van der Waals surface area contributed by atoms with E-state index < -0.39 is 68.9 Å². The van der Waals surface area contributed by atoms with Crippen LogP contribution in [0.4, 0.5) is 0 Å². The highest BCUT2D eigenvalue weighted by atomic mass is 32.2. The summed E-state index contributed by atoms with van der Waals surface area (Å²) in [6.45, 7) is 3.78. The molecule has 0 aliphatic rings. The van der Waals surface area contributed by atoms with E-state index in [1.807, 2.05) is 26.2 Å². The fourth-order valence-electron chi connectivity index (χ4n) is 5.74. The summed E-state index contributed by atoms with van der Waals surface area (Å²) in [5.41, 5.74) is 1.26. The van der Waals surface area contributed by atoms with Crippen LogP contribution in [-0.2, 0) is 21.1 Å². The Kier molecular flexibility index (Phi) is 16.9. The molecule has 272 valence electrons. The molecule has 0 aliphatic carbocycles. The molecule has 2 aromatic carbocycles. The van der Waals surface area contributed by atoms with E-state index in [2.05, 4.69) is 20.9 Å². The van der Waals surface area contributed by atoms with Gasteiger partial charge in [0.25, 0.3) is 11.8 Å². The Morgan fingerprint density at radius 1 is 0.760 bits per heavy atom. The monoisotopic (exact) mass is 726 g/mol. The smallest absolute Gasteiger partial charge is 0.253 e. The number of aliphatic hydroxyl groups is 2. The third-order valence-electron chi connectivity index (χ3n) is 8.46. The summed E-state index contributed by atoms with van der Waals surface area (Å²) in [4.78, 5) is 44.4. The Morgan fingerprint density at radius 3 is 1.92 bits per heavy atom. The van der Waals surface area contributed by atoms with Crippen LogP contribution in [0, 0.1) is 0 Å². The van der Waals surface area contributed by atoms with Gasteiger partial charge in [-0.2, -0.15) is 11.8 Å². The van der Waals surface area contributed by atoms with Gasteiger partial charge in [0, 0.05) is 18.0 Å². The van der Waals surface area contributed by atoms with Crippen molar-refractivity contribution in [2.75, 3.05) is 17.8 Å². The fourth-order valence-corrected chi connectivity index (χ4v) is 8.39. The van der Waals surface area contributed by atoms with Crippen LogP contribution in [0.3, 0.4) is 0 Å². The van der Waals surface area contributed by atoms with Gasteiger partial charge < -0.3 is 26.2 Å². The number of pyridine rings is 1. The molecule has 5 unspecified atom stereocenters. The molecule has 0 saturated carbocycles. The molecule has 3 rings (SSSR count). The average molecular weight is 727 g/mol. The van der Waals surface area contributed by atoms with Crippen LogP contribution in [0.2, 0.25) is 0 Å². The summed E-state index contributed by atoms with van der Waals surface area (Å²) >= 11 is 1.51. The van der Waals surface area contributed by atoms with Gasteiger partial charge in [-0.15, -0.1) is 0 Å². The van der Waals surface area contributed by atoms with Crippen molar-refractivity contribution in [3.05, 3.63) is 102 Å².